The lowest BCUT2D eigenvalue weighted by Crippen LogP contribution is -2.32. The van der Waals surface area contributed by atoms with Gasteiger partial charge in [-0.05, 0) is 44.7 Å². The molecule has 0 amide bonds. The van der Waals surface area contributed by atoms with Crippen LogP contribution < -0.4 is 10.0 Å². The van der Waals surface area contributed by atoms with Crippen molar-refractivity contribution in [2.24, 2.45) is 11.8 Å². The fraction of sp³-hybridized carbons (Fsp3) is 1.00. The van der Waals surface area contributed by atoms with Gasteiger partial charge in [-0.25, -0.2) is 13.1 Å². The smallest absolute Gasteiger partial charge is 0.211 e. The molecule has 1 saturated carbocycles. The quantitative estimate of drug-likeness (QED) is 0.603. The van der Waals surface area contributed by atoms with Crippen molar-refractivity contribution >= 4 is 10.0 Å². The largest absolute Gasteiger partial charge is 0.320 e. The monoisotopic (exact) mass is 234 g/mol. The molecule has 4 nitrogen and oxygen atoms in total. The molecule has 1 aliphatic carbocycles. The molecule has 1 fully saturated rings. The highest BCUT2D eigenvalue weighted by atomic mass is 32.2. The molecule has 0 bridgehead atoms. The first-order valence-electron chi connectivity index (χ1n) is 5.67. The van der Waals surface area contributed by atoms with E-state index in [-0.39, 0.29) is 5.75 Å². The third-order valence-corrected chi connectivity index (χ3v) is 4.32. The van der Waals surface area contributed by atoms with Crippen LogP contribution in [0.4, 0.5) is 0 Å². The van der Waals surface area contributed by atoms with E-state index in [1.165, 1.54) is 12.8 Å². The molecule has 1 rings (SSSR count). The topological polar surface area (TPSA) is 58.2 Å². The summed E-state index contributed by atoms with van der Waals surface area (Å²) in [5.74, 6) is 1.47. The van der Waals surface area contributed by atoms with Crippen molar-refractivity contribution < 1.29 is 8.42 Å². The molecule has 2 N–H and O–H groups in total. The minimum Gasteiger partial charge on any atom is -0.320 e. The second-order valence-electron chi connectivity index (χ2n) is 4.44. The van der Waals surface area contributed by atoms with E-state index in [1.54, 1.807) is 0 Å². The Morgan fingerprint density at radius 1 is 1.40 bits per heavy atom. The van der Waals surface area contributed by atoms with Crippen LogP contribution in [0, 0.1) is 11.8 Å². The minimum atomic E-state index is -3.04. The predicted octanol–water partition coefficient (Wildman–Crippen LogP) is 0.561. The first kappa shape index (κ1) is 12.9. The van der Waals surface area contributed by atoms with E-state index >= 15 is 0 Å². The van der Waals surface area contributed by atoms with Gasteiger partial charge in [0.15, 0.2) is 0 Å². The molecular weight excluding hydrogens is 212 g/mol. The van der Waals surface area contributed by atoms with Crippen molar-refractivity contribution in [1.82, 2.24) is 10.0 Å². The maximum Gasteiger partial charge on any atom is 0.211 e. The lowest BCUT2D eigenvalue weighted by molar-refractivity contribution is 0.491. The summed E-state index contributed by atoms with van der Waals surface area (Å²) in [6.07, 6.45) is 3.20. The van der Waals surface area contributed by atoms with Crippen molar-refractivity contribution in [3.63, 3.8) is 0 Å². The van der Waals surface area contributed by atoms with Gasteiger partial charge in [-0.3, -0.25) is 0 Å². The Morgan fingerprint density at radius 3 is 2.60 bits per heavy atom. The zero-order valence-corrected chi connectivity index (χ0v) is 10.4. The van der Waals surface area contributed by atoms with Gasteiger partial charge < -0.3 is 5.32 Å². The molecule has 0 radical (unpaired) electrons. The maximum atomic E-state index is 11.5. The lowest BCUT2D eigenvalue weighted by atomic mass is 10.1. The first-order valence-corrected chi connectivity index (χ1v) is 7.32. The van der Waals surface area contributed by atoms with Crippen LogP contribution in [0.15, 0.2) is 0 Å². The molecule has 0 saturated heterocycles. The molecule has 1 aliphatic rings. The van der Waals surface area contributed by atoms with Crippen molar-refractivity contribution in [3.8, 4) is 0 Å². The number of hydrogen-bond acceptors (Lipinski definition) is 3. The van der Waals surface area contributed by atoms with Crippen molar-refractivity contribution in [2.75, 3.05) is 25.9 Å². The fourth-order valence-corrected chi connectivity index (χ4v) is 2.79. The SMILES string of the molecule is CNCCCS(=O)(=O)NCC(C)C1CC1. The van der Waals surface area contributed by atoms with E-state index in [1.807, 2.05) is 7.05 Å². The third-order valence-electron chi connectivity index (χ3n) is 2.89. The molecular formula is C10H22N2O2S. The average Bonchev–Trinajstić information content (AvgIpc) is 2.98. The molecule has 0 aromatic carbocycles. The zero-order chi connectivity index (χ0) is 11.3. The van der Waals surface area contributed by atoms with Gasteiger partial charge in [0.1, 0.15) is 0 Å². The second kappa shape index (κ2) is 5.82. The Bertz CT molecular complexity index is 273. The van der Waals surface area contributed by atoms with E-state index < -0.39 is 10.0 Å². The van der Waals surface area contributed by atoms with Crippen molar-refractivity contribution in [3.05, 3.63) is 0 Å². The fourth-order valence-electron chi connectivity index (χ4n) is 1.60. The number of hydrogen-bond donors (Lipinski definition) is 2. The Kier molecular flexibility index (Phi) is 5.02. The summed E-state index contributed by atoms with van der Waals surface area (Å²) < 4.78 is 25.7. The van der Waals surface area contributed by atoms with Gasteiger partial charge in [-0.1, -0.05) is 6.92 Å². The predicted molar refractivity (Wildman–Crippen MR) is 62.2 cm³/mol. The molecule has 1 atom stereocenters. The standard InChI is InChI=1S/C10H22N2O2S/c1-9(10-4-5-10)8-12-15(13,14)7-3-6-11-2/h9-12H,3-8H2,1-2H3. The Labute approximate surface area is 92.9 Å². The van der Waals surface area contributed by atoms with Crippen LogP contribution in [0.2, 0.25) is 0 Å². The summed E-state index contributed by atoms with van der Waals surface area (Å²) in [5.41, 5.74) is 0. The molecule has 0 aromatic heterocycles. The van der Waals surface area contributed by atoms with Gasteiger partial charge >= 0.3 is 0 Å². The summed E-state index contributed by atoms with van der Waals surface area (Å²) in [6, 6.07) is 0. The zero-order valence-electron chi connectivity index (χ0n) is 9.62. The highest BCUT2D eigenvalue weighted by Crippen LogP contribution is 2.36. The first-order chi connectivity index (χ1) is 7.05. The molecule has 5 heteroatoms. The van der Waals surface area contributed by atoms with Crippen LogP contribution in [0.25, 0.3) is 0 Å². The minimum absolute atomic E-state index is 0.227. The maximum absolute atomic E-state index is 11.5. The van der Waals surface area contributed by atoms with Gasteiger partial charge in [0, 0.05) is 6.54 Å². The van der Waals surface area contributed by atoms with E-state index in [4.69, 9.17) is 0 Å². The summed E-state index contributed by atoms with van der Waals surface area (Å²) >= 11 is 0. The van der Waals surface area contributed by atoms with Gasteiger partial charge in [0.2, 0.25) is 10.0 Å². The second-order valence-corrected chi connectivity index (χ2v) is 6.37. The molecule has 0 aliphatic heterocycles. The summed E-state index contributed by atoms with van der Waals surface area (Å²) in [7, 11) is -1.22. The molecule has 0 heterocycles. The van der Waals surface area contributed by atoms with Crippen LogP contribution in [-0.2, 0) is 10.0 Å². The molecule has 0 aromatic rings. The van der Waals surface area contributed by atoms with Crippen molar-refractivity contribution in [1.29, 1.82) is 0 Å². The van der Waals surface area contributed by atoms with Crippen LogP contribution in [0.3, 0.4) is 0 Å². The highest BCUT2D eigenvalue weighted by Gasteiger charge is 2.28. The average molecular weight is 234 g/mol. The van der Waals surface area contributed by atoms with Crippen LogP contribution in [0.5, 0.6) is 0 Å². The Morgan fingerprint density at radius 2 is 2.07 bits per heavy atom. The molecule has 90 valence electrons. The molecule has 1 unspecified atom stereocenters. The summed E-state index contributed by atoms with van der Waals surface area (Å²) in [4.78, 5) is 0. The summed E-state index contributed by atoms with van der Waals surface area (Å²) in [5, 5.41) is 2.94. The summed E-state index contributed by atoms with van der Waals surface area (Å²) in [6.45, 7) is 3.47. The molecule has 15 heavy (non-hydrogen) atoms. The van der Waals surface area contributed by atoms with E-state index in [0.717, 1.165) is 12.5 Å². The van der Waals surface area contributed by atoms with Gasteiger partial charge in [-0.15, -0.1) is 0 Å². The number of nitrogens with one attached hydrogen (secondary N) is 2. The number of rotatable bonds is 8. The van der Waals surface area contributed by atoms with Gasteiger partial charge in [0.25, 0.3) is 0 Å². The van der Waals surface area contributed by atoms with Crippen molar-refractivity contribution in [2.45, 2.75) is 26.2 Å². The van der Waals surface area contributed by atoms with Crippen LogP contribution in [-0.4, -0.2) is 34.3 Å². The van der Waals surface area contributed by atoms with E-state index in [0.29, 0.717) is 18.9 Å². The van der Waals surface area contributed by atoms with E-state index in [9.17, 15) is 8.42 Å². The lowest BCUT2D eigenvalue weighted by Gasteiger charge is -2.11. The normalized spacial score (nSPS) is 19.1. The molecule has 0 spiro atoms. The Hall–Kier alpha value is -0.130. The van der Waals surface area contributed by atoms with E-state index in [2.05, 4.69) is 17.0 Å². The van der Waals surface area contributed by atoms with Gasteiger partial charge in [-0.2, -0.15) is 0 Å². The van der Waals surface area contributed by atoms with Crippen LogP contribution >= 0.6 is 0 Å². The van der Waals surface area contributed by atoms with Gasteiger partial charge in [0.05, 0.1) is 5.75 Å². The third kappa shape index (κ3) is 5.49. The van der Waals surface area contributed by atoms with Crippen LogP contribution in [0.1, 0.15) is 26.2 Å². The number of sulfonamides is 1. The Balaban J connectivity index is 2.16. The highest BCUT2D eigenvalue weighted by molar-refractivity contribution is 7.89.